The Hall–Kier alpha value is -1.99. The fraction of sp³-hybridized carbons (Fsp3) is 0.250. The third kappa shape index (κ3) is 3.51. The number of nitrogens with zero attached hydrogens (tertiary/aromatic N) is 1. The zero-order valence-corrected chi connectivity index (χ0v) is 13.1. The molecule has 7 heteroatoms. The molecule has 0 aliphatic carbocycles. The Bertz CT molecular complexity index is 749. The Labute approximate surface area is 135 Å². The molecule has 0 aromatic heterocycles. The van der Waals surface area contributed by atoms with Crippen LogP contribution in [0.25, 0.3) is 0 Å². The molecule has 1 saturated heterocycles. The molecule has 1 atom stereocenters. The molecule has 122 valence electrons. The van der Waals surface area contributed by atoms with Crippen LogP contribution < -0.4 is 10.2 Å². The summed E-state index contributed by atoms with van der Waals surface area (Å²) in [6, 6.07) is 8.34. The van der Waals surface area contributed by atoms with Crippen molar-refractivity contribution < 1.29 is 17.5 Å². The minimum absolute atomic E-state index is 0.269. The van der Waals surface area contributed by atoms with Crippen LogP contribution in [0.4, 0.5) is 25.8 Å². The minimum atomic E-state index is -2.37. The molecule has 0 saturated carbocycles. The third-order valence-electron chi connectivity index (χ3n) is 3.81. The van der Waals surface area contributed by atoms with Gasteiger partial charge in [-0.05, 0) is 49.2 Å². The molecular weight excluding hydrogens is 322 g/mol. The lowest BCUT2D eigenvalue weighted by molar-refractivity contribution is 0.544. The van der Waals surface area contributed by atoms with Crippen LogP contribution in [0.1, 0.15) is 12.8 Å². The van der Waals surface area contributed by atoms with Crippen LogP contribution >= 0.6 is 0 Å². The summed E-state index contributed by atoms with van der Waals surface area (Å²) < 4.78 is 47.3. The van der Waals surface area contributed by atoms with Gasteiger partial charge in [0.05, 0.1) is 11.4 Å². The van der Waals surface area contributed by atoms with Crippen molar-refractivity contribution in [2.45, 2.75) is 17.7 Å². The van der Waals surface area contributed by atoms with Gasteiger partial charge in [-0.3, -0.25) is 0 Å². The number of benzene rings is 2. The molecule has 4 nitrogen and oxygen atoms in total. The highest BCUT2D eigenvalue weighted by Crippen LogP contribution is 2.32. The number of hydrogen-bond acceptors (Lipinski definition) is 3. The summed E-state index contributed by atoms with van der Waals surface area (Å²) in [5.41, 5.74) is 1.84. The highest BCUT2D eigenvalue weighted by atomic mass is 32.2. The van der Waals surface area contributed by atoms with E-state index in [9.17, 15) is 13.0 Å². The van der Waals surface area contributed by atoms with E-state index < -0.39 is 16.9 Å². The second kappa shape index (κ2) is 6.64. The number of anilines is 3. The lowest BCUT2D eigenvalue weighted by Gasteiger charge is -2.22. The summed E-state index contributed by atoms with van der Waals surface area (Å²) in [5, 5.41) is 3.05. The smallest absolute Gasteiger partial charge is 0.189 e. The summed E-state index contributed by atoms with van der Waals surface area (Å²) >= 11 is -2.37. The highest BCUT2D eigenvalue weighted by Gasteiger charge is 2.17. The standard InChI is InChI=1S/C16H16F2N2O2S/c17-11-3-5-14(15(9-11)20-7-1-2-8-20)19-12-4-6-16(23(21)22)13(18)10-12/h3-6,9-10,19H,1-2,7-8H2,(H,21,22). The van der Waals surface area contributed by atoms with Gasteiger partial charge in [0.25, 0.3) is 0 Å². The molecule has 0 radical (unpaired) electrons. The van der Waals surface area contributed by atoms with Gasteiger partial charge >= 0.3 is 0 Å². The third-order valence-corrected chi connectivity index (χ3v) is 4.51. The number of hydrogen-bond donors (Lipinski definition) is 2. The van der Waals surface area contributed by atoms with Gasteiger partial charge in [0.2, 0.25) is 0 Å². The van der Waals surface area contributed by atoms with Crippen molar-refractivity contribution in [2.24, 2.45) is 0 Å². The Kier molecular flexibility index (Phi) is 4.58. The van der Waals surface area contributed by atoms with Crippen molar-refractivity contribution in [3.05, 3.63) is 48.0 Å². The summed E-state index contributed by atoms with van der Waals surface area (Å²) in [5.74, 6) is -1.09. The van der Waals surface area contributed by atoms with E-state index in [0.717, 1.165) is 37.7 Å². The normalized spacial score (nSPS) is 15.7. The van der Waals surface area contributed by atoms with E-state index in [2.05, 4.69) is 10.2 Å². The van der Waals surface area contributed by atoms with Gasteiger partial charge in [0.15, 0.2) is 11.1 Å². The molecule has 2 aromatic carbocycles. The topological polar surface area (TPSA) is 52.6 Å². The van der Waals surface area contributed by atoms with Gasteiger partial charge in [-0.1, -0.05) is 0 Å². The summed E-state index contributed by atoms with van der Waals surface area (Å²) in [7, 11) is 0. The van der Waals surface area contributed by atoms with Crippen molar-refractivity contribution in [2.75, 3.05) is 23.3 Å². The van der Waals surface area contributed by atoms with Gasteiger partial charge in [0.1, 0.15) is 16.5 Å². The monoisotopic (exact) mass is 338 g/mol. The molecule has 1 aliphatic rings. The van der Waals surface area contributed by atoms with Crippen LogP contribution in [-0.2, 0) is 11.1 Å². The first-order chi connectivity index (χ1) is 11.0. The summed E-state index contributed by atoms with van der Waals surface area (Å²) in [6.07, 6.45) is 2.11. The summed E-state index contributed by atoms with van der Waals surface area (Å²) in [4.78, 5) is 1.81. The van der Waals surface area contributed by atoms with Gasteiger partial charge in [-0.25, -0.2) is 13.0 Å². The van der Waals surface area contributed by atoms with E-state index in [1.807, 2.05) is 0 Å². The first-order valence-electron chi connectivity index (χ1n) is 7.26. The van der Waals surface area contributed by atoms with Gasteiger partial charge < -0.3 is 14.8 Å². The second-order valence-electron chi connectivity index (χ2n) is 5.37. The summed E-state index contributed by atoms with van der Waals surface area (Å²) in [6.45, 7) is 1.71. The van der Waals surface area contributed by atoms with E-state index in [4.69, 9.17) is 4.55 Å². The average molecular weight is 338 g/mol. The molecule has 1 fully saturated rings. The second-order valence-corrected chi connectivity index (χ2v) is 6.31. The maximum absolute atomic E-state index is 13.8. The van der Waals surface area contributed by atoms with E-state index in [1.165, 1.54) is 24.3 Å². The zero-order valence-electron chi connectivity index (χ0n) is 12.3. The fourth-order valence-electron chi connectivity index (χ4n) is 2.71. The van der Waals surface area contributed by atoms with E-state index in [0.29, 0.717) is 11.4 Å². The quantitative estimate of drug-likeness (QED) is 0.831. The first kappa shape index (κ1) is 15.9. The first-order valence-corrected chi connectivity index (χ1v) is 8.37. The van der Waals surface area contributed by atoms with Crippen molar-refractivity contribution >= 4 is 28.1 Å². The molecule has 2 N–H and O–H groups in total. The van der Waals surface area contributed by atoms with Crippen molar-refractivity contribution in [1.29, 1.82) is 0 Å². The van der Waals surface area contributed by atoms with E-state index in [1.54, 1.807) is 6.07 Å². The largest absolute Gasteiger partial charge is 0.370 e. The molecular formula is C16H16F2N2O2S. The van der Waals surface area contributed by atoms with Crippen LogP contribution in [0, 0.1) is 11.6 Å². The van der Waals surface area contributed by atoms with E-state index >= 15 is 0 Å². The minimum Gasteiger partial charge on any atom is -0.370 e. The van der Waals surface area contributed by atoms with Crippen LogP contribution in [-0.4, -0.2) is 21.9 Å². The molecule has 1 aliphatic heterocycles. The highest BCUT2D eigenvalue weighted by molar-refractivity contribution is 7.79. The molecule has 3 rings (SSSR count). The molecule has 23 heavy (non-hydrogen) atoms. The Balaban J connectivity index is 1.90. The predicted molar refractivity (Wildman–Crippen MR) is 86.6 cm³/mol. The SMILES string of the molecule is O=S(O)c1ccc(Nc2ccc(F)cc2N2CCCC2)cc1F. The number of rotatable bonds is 4. The van der Waals surface area contributed by atoms with Crippen molar-refractivity contribution in [1.82, 2.24) is 0 Å². The maximum Gasteiger partial charge on any atom is 0.189 e. The van der Waals surface area contributed by atoms with Crippen LogP contribution in [0.5, 0.6) is 0 Å². The molecule has 0 bridgehead atoms. The lowest BCUT2D eigenvalue weighted by Crippen LogP contribution is -2.19. The zero-order chi connectivity index (χ0) is 16.4. The average Bonchev–Trinajstić information content (AvgIpc) is 3.03. The fourth-order valence-corrected chi connectivity index (χ4v) is 3.12. The number of nitrogens with one attached hydrogen (secondary N) is 1. The van der Waals surface area contributed by atoms with Gasteiger partial charge in [0, 0.05) is 18.8 Å². The lowest BCUT2D eigenvalue weighted by atomic mass is 10.2. The van der Waals surface area contributed by atoms with Gasteiger partial charge in [-0.15, -0.1) is 0 Å². The molecule has 1 heterocycles. The van der Waals surface area contributed by atoms with Crippen LogP contribution in [0.15, 0.2) is 41.3 Å². The maximum atomic E-state index is 13.8. The van der Waals surface area contributed by atoms with Crippen molar-refractivity contribution in [3.63, 3.8) is 0 Å². The molecule has 0 spiro atoms. The van der Waals surface area contributed by atoms with Gasteiger partial charge in [-0.2, -0.15) is 0 Å². The number of halogens is 2. The predicted octanol–water partition coefficient (Wildman–Crippen LogP) is 3.89. The Morgan fingerprint density at radius 3 is 2.48 bits per heavy atom. The van der Waals surface area contributed by atoms with Crippen LogP contribution in [0.2, 0.25) is 0 Å². The van der Waals surface area contributed by atoms with Crippen LogP contribution in [0.3, 0.4) is 0 Å². The van der Waals surface area contributed by atoms with E-state index in [-0.39, 0.29) is 10.7 Å². The Morgan fingerprint density at radius 1 is 1.09 bits per heavy atom. The molecule has 0 amide bonds. The Morgan fingerprint density at radius 2 is 1.83 bits per heavy atom. The van der Waals surface area contributed by atoms with Crippen molar-refractivity contribution in [3.8, 4) is 0 Å². The molecule has 2 aromatic rings. The molecule has 1 unspecified atom stereocenters.